The number of nitrogens with zero attached hydrogens (tertiary/aromatic N) is 1. The van der Waals surface area contributed by atoms with Crippen molar-refractivity contribution in [3.63, 3.8) is 0 Å². The number of hydrogen-bond donors (Lipinski definition) is 1. The summed E-state index contributed by atoms with van der Waals surface area (Å²) < 4.78 is 0. The summed E-state index contributed by atoms with van der Waals surface area (Å²) in [5.41, 5.74) is 2.49. The number of rotatable bonds is 0. The van der Waals surface area contributed by atoms with Gasteiger partial charge < -0.3 is 4.98 Å². The molecule has 2 heterocycles. The predicted molar refractivity (Wildman–Crippen MR) is 77.5 cm³/mol. The number of fused-ring (bicyclic) bond motifs is 1. The molecule has 17 heavy (non-hydrogen) atoms. The van der Waals surface area contributed by atoms with E-state index in [1.165, 1.54) is 10.9 Å². The summed E-state index contributed by atoms with van der Waals surface area (Å²) in [6, 6.07) is 4.09. The Morgan fingerprint density at radius 2 is 1.65 bits per heavy atom. The lowest BCUT2D eigenvalue weighted by atomic mass is 9.87. The maximum absolute atomic E-state index is 4.26. The molecule has 0 spiro atoms. The van der Waals surface area contributed by atoms with E-state index in [0.717, 1.165) is 5.65 Å². The van der Waals surface area contributed by atoms with Gasteiger partial charge in [-0.1, -0.05) is 48.5 Å². The molecule has 0 bridgehead atoms. The van der Waals surface area contributed by atoms with E-state index in [4.69, 9.17) is 0 Å². The highest BCUT2D eigenvalue weighted by Crippen LogP contribution is 2.28. The highest BCUT2D eigenvalue weighted by molar-refractivity contribution is 5.80. The van der Waals surface area contributed by atoms with Crippen LogP contribution >= 0.6 is 0 Å². The number of hydrogen-bond acceptors (Lipinski definition) is 1. The first-order valence-corrected chi connectivity index (χ1v) is 6.51. The fourth-order valence-corrected chi connectivity index (χ4v) is 1.58. The number of aromatic amines is 1. The van der Waals surface area contributed by atoms with Gasteiger partial charge in [0.05, 0.1) is 0 Å². The van der Waals surface area contributed by atoms with Crippen LogP contribution in [0.15, 0.2) is 24.5 Å². The predicted octanol–water partition coefficient (Wildman–Crippen LogP) is 4.91. The smallest absolute Gasteiger partial charge is 0.137 e. The van der Waals surface area contributed by atoms with Gasteiger partial charge >= 0.3 is 0 Å². The Kier molecular flexibility index (Phi) is 6.55. The average molecular weight is 234 g/mol. The molecule has 0 aromatic carbocycles. The molecule has 0 aliphatic carbocycles. The second-order valence-electron chi connectivity index (χ2n) is 4.35. The van der Waals surface area contributed by atoms with Gasteiger partial charge in [-0.2, -0.15) is 0 Å². The lowest BCUT2D eigenvalue weighted by molar-refractivity contribution is 0.596. The molecule has 0 atom stereocenters. The highest BCUT2D eigenvalue weighted by atomic mass is 14.8. The van der Waals surface area contributed by atoms with Crippen LogP contribution in [0.4, 0.5) is 0 Å². The van der Waals surface area contributed by atoms with Crippen molar-refractivity contribution in [1.82, 2.24) is 9.97 Å². The van der Waals surface area contributed by atoms with Crippen molar-refractivity contribution in [1.29, 1.82) is 0 Å². The largest absolute Gasteiger partial charge is 0.346 e. The average Bonchev–Trinajstić information content (AvgIpc) is 2.77. The minimum Gasteiger partial charge on any atom is -0.346 e. The summed E-state index contributed by atoms with van der Waals surface area (Å²) in [6.45, 7) is 14.6. The Labute approximate surface area is 105 Å². The summed E-state index contributed by atoms with van der Waals surface area (Å²) in [5, 5.41) is 1.23. The first kappa shape index (κ1) is 15.7. The van der Waals surface area contributed by atoms with Gasteiger partial charge in [0.2, 0.25) is 0 Å². The van der Waals surface area contributed by atoms with Crippen molar-refractivity contribution >= 4 is 11.0 Å². The van der Waals surface area contributed by atoms with Gasteiger partial charge in [0.15, 0.2) is 0 Å². The zero-order valence-electron chi connectivity index (χ0n) is 12.3. The molecule has 2 nitrogen and oxygen atoms in total. The van der Waals surface area contributed by atoms with E-state index in [1.54, 1.807) is 0 Å². The Balaban J connectivity index is 0.000000581. The molecular formula is C15H26N2. The number of H-pyrrole nitrogens is 1. The highest BCUT2D eigenvalue weighted by Gasteiger charge is 2.17. The van der Waals surface area contributed by atoms with Gasteiger partial charge in [0, 0.05) is 17.8 Å². The van der Waals surface area contributed by atoms with Crippen LogP contribution in [-0.4, -0.2) is 9.97 Å². The third-order valence-electron chi connectivity index (χ3n) is 2.26. The van der Waals surface area contributed by atoms with E-state index in [1.807, 2.05) is 40.0 Å². The maximum atomic E-state index is 4.26. The van der Waals surface area contributed by atoms with Gasteiger partial charge in [0.1, 0.15) is 5.65 Å². The van der Waals surface area contributed by atoms with E-state index >= 15 is 0 Å². The van der Waals surface area contributed by atoms with Gasteiger partial charge in [-0.05, 0) is 23.1 Å². The van der Waals surface area contributed by atoms with Crippen LogP contribution in [0.5, 0.6) is 0 Å². The molecule has 1 N–H and O–H groups in total. The number of nitrogens with one attached hydrogen (secondary N) is 1. The Bertz CT molecular complexity index is 422. The standard InChI is InChI=1S/C11H14N2.2C2H6/c1-11(2,3)9-7-13-10-8(9)5-4-6-12-10;2*1-2/h4-7H,1-3H3,(H,12,13);2*1-2H3. The molecule has 96 valence electrons. The normalized spacial score (nSPS) is 10.1. The van der Waals surface area contributed by atoms with E-state index in [9.17, 15) is 0 Å². The van der Waals surface area contributed by atoms with Gasteiger partial charge in [-0.3, -0.25) is 0 Å². The van der Waals surface area contributed by atoms with E-state index in [-0.39, 0.29) is 5.41 Å². The van der Waals surface area contributed by atoms with Crippen molar-refractivity contribution < 1.29 is 0 Å². The van der Waals surface area contributed by atoms with Crippen LogP contribution in [-0.2, 0) is 5.41 Å². The van der Waals surface area contributed by atoms with Crippen molar-refractivity contribution in [2.45, 2.75) is 53.9 Å². The van der Waals surface area contributed by atoms with Crippen LogP contribution in [0, 0.1) is 0 Å². The third kappa shape index (κ3) is 3.88. The summed E-state index contributed by atoms with van der Waals surface area (Å²) in [6.07, 6.45) is 3.86. The van der Waals surface area contributed by atoms with Gasteiger partial charge in [-0.25, -0.2) is 4.98 Å². The molecule has 2 aromatic rings. The van der Waals surface area contributed by atoms with Crippen molar-refractivity contribution in [3.05, 3.63) is 30.1 Å². The molecule has 0 radical (unpaired) electrons. The first-order chi connectivity index (χ1) is 8.09. The zero-order chi connectivity index (χ0) is 13.5. The quantitative estimate of drug-likeness (QED) is 0.689. The Morgan fingerprint density at radius 3 is 2.18 bits per heavy atom. The number of aromatic nitrogens is 2. The molecule has 2 heteroatoms. The number of pyridine rings is 1. The molecule has 0 aliphatic rings. The lowest BCUT2D eigenvalue weighted by Gasteiger charge is -2.16. The first-order valence-electron chi connectivity index (χ1n) is 6.51. The molecule has 2 rings (SSSR count). The van der Waals surface area contributed by atoms with E-state index in [0.29, 0.717) is 0 Å². The Hall–Kier alpha value is -1.31. The molecule has 0 saturated carbocycles. The fraction of sp³-hybridized carbons (Fsp3) is 0.533. The molecule has 2 aromatic heterocycles. The lowest BCUT2D eigenvalue weighted by Crippen LogP contribution is -2.09. The second kappa shape index (κ2) is 7.10. The monoisotopic (exact) mass is 234 g/mol. The molecule has 0 aliphatic heterocycles. The maximum Gasteiger partial charge on any atom is 0.137 e. The zero-order valence-corrected chi connectivity index (χ0v) is 12.3. The van der Waals surface area contributed by atoms with Gasteiger partial charge in [-0.15, -0.1) is 0 Å². The molecule has 0 fully saturated rings. The van der Waals surface area contributed by atoms with Crippen LogP contribution in [0.1, 0.15) is 54.0 Å². The molecule has 0 unspecified atom stereocenters. The summed E-state index contributed by atoms with van der Waals surface area (Å²) in [7, 11) is 0. The minimum atomic E-state index is 0.182. The summed E-state index contributed by atoms with van der Waals surface area (Å²) in [4.78, 5) is 7.44. The van der Waals surface area contributed by atoms with Crippen LogP contribution in [0.25, 0.3) is 11.0 Å². The molecule has 0 saturated heterocycles. The SMILES string of the molecule is CC.CC.CC(C)(C)c1c[nH]c2ncccc12. The van der Waals surface area contributed by atoms with Crippen molar-refractivity contribution in [2.24, 2.45) is 0 Å². The van der Waals surface area contributed by atoms with Crippen LogP contribution < -0.4 is 0 Å². The summed E-state index contributed by atoms with van der Waals surface area (Å²) in [5.74, 6) is 0. The minimum absolute atomic E-state index is 0.182. The van der Waals surface area contributed by atoms with E-state index < -0.39 is 0 Å². The van der Waals surface area contributed by atoms with Gasteiger partial charge in [0.25, 0.3) is 0 Å². The molecule has 0 amide bonds. The fourth-order valence-electron chi connectivity index (χ4n) is 1.58. The van der Waals surface area contributed by atoms with Crippen LogP contribution in [0.3, 0.4) is 0 Å². The van der Waals surface area contributed by atoms with Crippen molar-refractivity contribution in [3.8, 4) is 0 Å². The molecular weight excluding hydrogens is 208 g/mol. The second-order valence-corrected chi connectivity index (χ2v) is 4.35. The Morgan fingerprint density at radius 1 is 1.06 bits per heavy atom. The third-order valence-corrected chi connectivity index (χ3v) is 2.26. The van der Waals surface area contributed by atoms with Crippen molar-refractivity contribution in [2.75, 3.05) is 0 Å². The topological polar surface area (TPSA) is 28.7 Å². The summed E-state index contributed by atoms with van der Waals surface area (Å²) >= 11 is 0. The van der Waals surface area contributed by atoms with Crippen LogP contribution in [0.2, 0.25) is 0 Å². The van der Waals surface area contributed by atoms with E-state index in [2.05, 4.69) is 43.0 Å².